The van der Waals surface area contributed by atoms with Crippen molar-refractivity contribution in [1.82, 2.24) is 9.78 Å². The van der Waals surface area contributed by atoms with E-state index in [1.807, 2.05) is 6.92 Å². The molecule has 1 aromatic rings. The summed E-state index contributed by atoms with van der Waals surface area (Å²) in [5, 5.41) is 4.05. The lowest BCUT2D eigenvalue weighted by atomic mass is 10.3. The standard InChI is InChI=1S/C7H12FN3/c1-6(9)7-2-4-11(10-7)5-3-8/h2,4,6H,3,5,9H2,1H3. The van der Waals surface area contributed by atoms with Crippen molar-refractivity contribution < 1.29 is 4.39 Å². The lowest BCUT2D eigenvalue weighted by Gasteiger charge is -1.98. The highest BCUT2D eigenvalue weighted by Gasteiger charge is 2.02. The number of aromatic nitrogens is 2. The maximum atomic E-state index is 11.8. The molecule has 0 aliphatic rings. The Morgan fingerprint density at radius 1 is 1.82 bits per heavy atom. The average molecular weight is 157 g/mol. The van der Waals surface area contributed by atoms with Gasteiger partial charge >= 0.3 is 0 Å². The van der Waals surface area contributed by atoms with Gasteiger partial charge in [-0.1, -0.05) is 0 Å². The van der Waals surface area contributed by atoms with Crippen LogP contribution in [0.25, 0.3) is 0 Å². The van der Waals surface area contributed by atoms with Gasteiger partial charge in [0, 0.05) is 12.2 Å². The van der Waals surface area contributed by atoms with Gasteiger partial charge in [-0.3, -0.25) is 4.68 Å². The van der Waals surface area contributed by atoms with Crippen molar-refractivity contribution in [2.75, 3.05) is 6.67 Å². The fourth-order valence-electron chi connectivity index (χ4n) is 0.831. The highest BCUT2D eigenvalue weighted by Crippen LogP contribution is 2.04. The van der Waals surface area contributed by atoms with Crippen LogP contribution in [0, 0.1) is 0 Å². The lowest BCUT2D eigenvalue weighted by molar-refractivity contribution is 0.425. The van der Waals surface area contributed by atoms with E-state index in [9.17, 15) is 4.39 Å². The zero-order valence-electron chi connectivity index (χ0n) is 6.50. The summed E-state index contributed by atoms with van der Waals surface area (Å²) in [5.74, 6) is 0. The second kappa shape index (κ2) is 3.48. The van der Waals surface area contributed by atoms with Crippen LogP contribution in [-0.2, 0) is 6.54 Å². The van der Waals surface area contributed by atoms with Crippen LogP contribution in [0.1, 0.15) is 18.7 Å². The van der Waals surface area contributed by atoms with Gasteiger partial charge in [-0.15, -0.1) is 0 Å². The molecule has 0 radical (unpaired) electrons. The molecule has 1 atom stereocenters. The summed E-state index contributed by atoms with van der Waals surface area (Å²) in [4.78, 5) is 0. The SMILES string of the molecule is CC(N)c1ccn(CCF)n1. The second-order valence-electron chi connectivity index (χ2n) is 2.48. The molecule has 0 spiro atoms. The van der Waals surface area contributed by atoms with E-state index in [0.29, 0.717) is 6.54 Å². The van der Waals surface area contributed by atoms with E-state index in [1.165, 1.54) is 0 Å². The third-order valence-corrected chi connectivity index (χ3v) is 1.44. The van der Waals surface area contributed by atoms with Gasteiger partial charge in [0.2, 0.25) is 0 Å². The van der Waals surface area contributed by atoms with Crippen LogP contribution >= 0.6 is 0 Å². The third-order valence-electron chi connectivity index (χ3n) is 1.44. The molecule has 0 saturated carbocycles. The minimum Gasteiger partial charge on any atom is -0.323 e. The monoisotopic (exact) mass is 157 g/mol. The lowest BCUT2D eigenvalue weighted by Crippen LogP contribution is -2.07. The van der Waals surface area contributed by atoms with Crippen molar-refractivity contribution in [1.29, 1.82) is 0 Å². The number of nitrogens with two attached hydrogens (primary N) is 1. The van der Waals surface area contributed by atoms with Crippen LogP contribution in [0.2, 0.25) is 0 Å². The van der Waals surface area contributed by atoms with Gasteiger partial charge in [-0.05, 0) is 13.0 Å². The van der Waals surface area contributed by atoms with Crippen molar-refractivity contribution in [2.24, 2.45) is 5.73 Å². The Labute approximate surface area is 65.0 Å². The van der Waals surface area contributed by atoms with Crippen molar-refractivity contribution in [3.8, 4) is 0 Å². The predicted molar refractivity (Wildman–Crippen MR) is 40.8 cm³/mol. The normalized spacial score (nSPS) is 13.4. The van der Waals surface area contributed by atoms with E-state index in [4.69, 9.17) is 5.73 Å². The Morgan fingerprint density at radius 3 is 3.00 bits per heavy atom. The molecule has 0 aliphatic carbocycles. The molecule has 0 amide bonds. The first-order valence-corrected chi connectivity index (χ1v) is 3.59. The van der Waals surface area contributed by atoms with Gasteiger partial charge in [-0.25, -0.2) is 4.39 Å². The number of aryl methyl sites for hydroxylation is 1. The maximum Gasteiger partial charge on any atom is 0.109 e. The number of halogens is 1. The van der Waals surface area contributed by atoms with E-state index in [2.05, 4.69) is 5.10 Å². The number of hydrogen-bond acceptors (Lipinski definition) is 2. The van der Waals surface area contributed by atoms with E-state index in [0.717, 1.165) is 5.69 Å². The topological polar surface area (TPSA) is 43.8 Å². The van der Waals surface area contributed by atoms with Crippen LogP contribution < -0.4 is 5.73 Å². The first-order valence-electron chi connectivity index (χ1n) is 3.59. The molecule has 0 saturated heterocycles. The number of alkyl halides is 1. The summed E-state index contributed by atoms with van der Waals surface area (Å²) in [7, 11) is 0. The zero-order chi connectivity index (χ0) is 8.27. The van der Waals surface area contributed by atoms with E-state index < -0.39 is 0 Å². The fraction of sp³-hybridized carbons (Fsp3) is 0.571. The molecule has 0 aromatic carbocycles. The van der Waals surface area contributed by atoms with Crippen molar-refractivity contribution in [3.63, 3.8) is 0 Å². The molecule has 1 rings (SSSR count). The van der Waals surface area contributed by atoms with Gasteiger partial charge in [-0.2, -0.15) is 5.10 Å². The van der Waals surface area contributed by atoms with Crippen LogP contribution in [0.5, 0.6) is 0 Å². The summed E-state index contributed by atoms with van der Waals surface area (Å²) >= 11 is 0. The first kappa shape index (κ1) is 8.20. The molecular weight excluding hydrogens is 145 g/mol. The second-order valence-corrected chi connectivity index (χ2v) is 2.48. The van der Waals surface area contributed by atoms with Gasteiger partial charge in [0.05, 0.1) is 12.2 Å². The number of rotatable bonds is 3. The largest absolute Gasteiger partial charge is 0.323 e. The van der Waals surface area contributed by atoms with E-state index in [-0.39, 0.29) is 12.7 Å². The third kappa shape index (κ3) is 2.01. The highest BCUT2D eigenvalue weighted by molar-refractivity contribution is 5.02. The minimum absolute atomic E-state index is 0.0733. The Bertz CT molecular complexity index is 219. The van der Waals surface area contributed by atoms with E-state index >= 15 is 0 Å². The van der Waals surface area contributed by atoms with Crippen molar-refractivity contribution in [3.05, 3.63) is 18.0 Å². The number of nitrogens with zero attached hydrogens (tertiary/aromatic N) is 2. The first-order chi connectivity index (χ1) is 5.24. The summed E-state index contributed by atoms with van der Waals surface area (Å²) in [6.07, 6.45) is 1.73. The average Bonchev–Trinajstić information content (AvgIpc) is 2.37. The van der Waals surface area contributed by atoms with Crippen molar-refractivity contribution >= 4 is 0 Å². The summed E-state index contributed by atoms with van der Waals surface area (Å²) in [6.45, 7) is 1.77. The summed E-state index contributed by atoms with van der Waals surface area (Å²) in [6, 6.07) is 1.73. The molecule has 2 N–H and O–H groups in total. The molecule has 11 heavy (non-hydrogen) atoms. The van der Waals surface area contributed by atoms with Crippen molar-refractivity contribution in [2.45, 2.75) is 19.5 Å². The van der Waals surface area contributed by atoms with Crippen LogP contribution in [0.15, 0.2) is 12.3 Å². The van der Waals surface area contributed by atoms with E-state index in [1.54, 1.807) is 16.9 Å². The fourth-order valence-corrected chi connectivity index (χ4v) is 0.831. The predicted octanol–water partition coefficient (Wildman–Crippen LogP) is 0.872. The Balaban J connectivity index is 2.66. The smallest absolute Gasteiger partial charge is 0.109 e. The molecule has 0 fully saturated rings. The quantitative estimate of drug-likeness (QED) is 0.707. The van der Waals surface area contributed by atoms with Crippen LogP contribution in [0.3, 0.4) is 0 Å². The summed E-state index contributed by atoms with van der Waals surface area (Å²) in [5.41, 5.74) is 6.36. The summed E-state index contributed by atoms with van der Waals surface area (Å²) < 4.78 is 13.4. The Kier molecular flexibility index (Phi) is 2.59. The molecule has 4 heteroatoms. The Hall–Kier alpha value is -0.900. The van der Waals surface area contributed by atoms with Gasteiger partial charge in [0.1, 0.15) is 6.67 Å². The maximum absolute atomic E-state index is 11.8. The zero-order valence-corrected chi connectivity index (χ0v) is 6.50. The molecule has 0 bridgehead atoms. The molecule has 1 unspecified atom stereocenters. The highest BCUT2D eigenvalue weighted by atomic mass is 19.1. The Morgan fingerprint density at radius 2 is 2.55 bits per heavy atom. The molecular formula is C7H12FN3. The molecule has 1 heterocycles. The molecule has 1 aromatic heterocycles. The van der Waals surface area contributed by atoms with Gasteiger partial charge < -0.3 is 5.73 Å². The van der Waals surface area contributed by atoms with Gasteiger partial charge in [0.25, 0.3) is 0 Å². The minimum atomic E-state index is -0.389. The van der Waals surface area contributed by atoms with Crippen LogP contribution in [-0.4, -0.2) is 16.5 Å². The molecule has 62 valence electrons. The van der Waals surface area contributed by atoms with Crippen LogP contribution in [0.4, 0.5) is 4.39 Å². The molecule has 0 aliphatic heterocycles. The molecule has 3 nitrogen and oxygen atoms in total. The van der Waals surface area contributed by atoms with Gasteiger partial charge in [0.15, 0.2) is 0 Å². The number of hydrogen-bond donors (Lipinski definition) is 1.